The van der Waals surface area contributed by atoms with Crippen LogP contribution in [-0.4, -0.2) is 17.3 Å². The smallest absolute Gasteiger partial charge is 0.266 e. The van der Waals surface area contributed by atoms with Crippen LogP contribution in [-0.2, 0) is 22.6 Å². The summed E-state index contributed by atoms with van der Waals surface area (Å²) in [5.41, 5.74) is 13.2. The SMILES string of the molecule is CCCCc1ccc(Cl)cc1NC=O.NC(=O)/C(N)=C/N(N)Cc1ccccc1. The maximum atomic E-state index is 10.6. The van der Waals surface area contributed by atoms with Gasteiger partial charge in [-0.05, 0) is 36.1 Å². The largest absolute Gasteiger partial charge is 0.393 e. The van der Waals surface area contributed by atoms with Crippen LogP contribution in [0.5, 0.6) is 0 Å². The van der Waals surface area contributed by atoms with Gasteiger partial charge in [-0.2, -0.15) is 0 Å². The fraction of sp³-hybridized carbons (Fsp3) is 0.238. The van der Waals surface area contributed by atoms with E-state index in [4.69, 9.17) is 28.9 Å². The van der Waals surface area contributed by atoms with Crippen molar-refractivity contribution in [2.45, 2.75) is 32.7 Å². The molecule has 0 saturated heterocycles. The maximum absolute atomic E-state index is 10.6. The minimum atomic E-state index is -0.682. The average Bonchev–Trinajstić information content (AvgIpc) is 2.69. The molecule has 0 fully saturated rings. The number of nitrogens with two attached hydrogens (primary N) is 3. The van der Waals surface area contributed by atoms with E-state index in [0.717, 1.165) is 36.1 Å². The Kier molecular flexibility index (Phi) is 10.9. The standard InChI is InChI=1S/C11H14ClNO.C10H14N4O/c1-2-3-4-9-5-6-10(12)7-11(9)13-8-14;11-9(10(12)15)7-14(13)6-8-4-2-1-3-5-8/h5-8H,2-4H2,1H3,(H,13,14);1-5,7H,6,11,13H2,(H2,12,15)/b;9-7-. The number of anilines is 1. The van der Waals surface area contributed by atoms with Gasteiger partial charge in [0.1, 0.15) is 5.70 Å². The first kappa shape index (κ1) is 24.0. The number of unbranched alkanes of at least 4 members (excludes halogenated alkanes) is 1. The molecule has 0 aliphatic heterocycles. The highest BCUT2D eigenvalue weighted by atomic mass is 35.5. The summed E-state index contributed by atoms with van der Waals surface area (Å²) >= 11 is 5.83. The lowest BCUT2D eigenvalue weighted by Gasteiger charge is -2.13. The Morgan fingerprint density at radius 2 is 1.86 bits per heavy atom. The third kappa shape index (κ3) is 9.64. The minimum absolute atomic E-state index is 0.0616. The highest BCUT2D eigenvalue weighted by molar-refractivity contribution is 6.30. The van der Waals surface area contributed by atoms with E-state index in [1.807, 2.05) is 42.5 Å². The van der Waals surface area contributed by atoms with E-state index in [1.54, 1.807) is 6.07 Å². The van der Waals surface area contributed by atoms with Crippen molar-refractivity contribution in [1.29, 1.82) is 0 Å². The summed E-state index contributed by atoms with van der Waals surface area (Å²) in [6, 6.07) is 15.2. The van der Waals surface area contributed by atoms with Crippen molar-refractivity contribution in [2.75, 3.05) is 5.32 Å². The fourth-order valence-corrected chi connectivity index (χ4v) is 2.59. The lowest BCUT2D eigenvalue weighted by molar-refractivity contribution is -0.114. The van der Waals surface area contributed by atoms with Gasteiger partial charge >= 0.3 is 0 Å². The van der Waals surface area contributed by atoms with Gasteiger partial charge in [0.05, 0.1) is 6.54 Å². The fourth-order valence-electron chi connectivity index (χ4n) is 2.41. The zero-order valence-corrected chi connectivity index (χ0v) is 17.2. The van der Waals surface area contributed by atoms with Crippen molar-refractivity contribution in [3.05, 3.63) is 76.6 Å². The maximum Gasteiger partial charge on any atom is 0.266 e. The molecule has 0 aliphatic rings. The molecular formula is C21H28ClN5O2. The van der Waals surface area contributed by atoms with Crippen molar-refractivity contribution < 1.29 is 9.59 Å². The van der Waals surface area contributed by atoms with Crippen LogP contribution in [0.2, 0.25) is 5.02 Å². The Bertz CT molecular complexity index is 812. The van der Waals surface area contributed by atoms with E-state index < -0.39 is 5.91 Å². The number of carbonyl (C=O) groups excluding carboxylic acids is 2. The van der Waals surface area contributed by atoms with Crippen LogP contribution >= 0.6 is 11.6 Å². The third-order valence-corrected chi connectivity index (χ3v) is 4.12. The van der Waals surface area contributed by atoms with Gasteiger partial charge in [-0.15, -0.1) is 0 Å². The van der Waals surface area contributed by atoms with Gasteiger partial charge < -0.3 is 21.8 Å². The first-order valence-corrected chi connectivity index (χ1v) is 9.56. The number of amides is 2. The number of carbonyl (C=O) groups is 2. The van der Waals surface area contributed by atoms with E-state index in [1.165, 1.54) is 11.2 Å². The molecule has 0 saturated carbocycles. The molecule has 0 unspecified atom stereocenters. The van der Waals surface area contributed by atoms with Crippen LogP contribution in [0.15, 0.2) is 60.4 Å². The van der Waals surface area contributed by atoms with Gasteiger partial charge in [0.25, 0.3) is 5.91 Å². The van der Waals surface area contributed by atoms with Crippen LogP contribution < -0.4 is 22.6 Å². The average molecular weight is 418 g/mol. The second-order valence-electron chi connectivity index (χ2n) is 6.27. The molecule has 0 bridgehead atoms. The monoisotopic (exact) mass is 417 g/mol. The Hall–Kier alpha value is -3.03. The molecular weight excluding hydrogens is 390 g/mol. The van der Waals surface area contributed by atoms with E-state index in [-0.39, 0.29) is 5.70 Å². The van der Waals surface area contributed by atoms with E-state index >= 15 is 0 Å². The lowest BCUT2D eigenvalue weighted by Crippen LogP contribution is -2.29. The summed E-state index contributed by atoms with van der Waals surface area (Å²) in [7, 11) is 0. The molecule has 2 aromatic rings. The number of aryl methyl sites for hydroxylation is 1. The van der Waals surface area contributed by atoms with Gasteiger partial charge in [-0.1, -0.05) is 61.3 Å². The number of nitrogens with zero attached hydrogens (tertiary/aromatic N) is 1. The molecule has 0 heterocycles. The predicted octanol–water partition coefficient (Wildman–Crippen LogP) is 2.90. The van der Waals surface area contributed by atoms with Crippen molar-refractivity contribution in [3.8, 4) is 0 Å². The molecule has 156 valence electrons. The van der Waals surface area contributed by atoms with Gasteiger partial charge in [-0.3, -0.25) is 9.59 Å². The van der Waals surface area contributed by atoms with Crippen LogP contribution in [0.25, 0.3) is 0 Å². The summed E-state index contributed by atoms with van der Waals surface area (Å²) < 4.78 is 0. The summed E-state index contributed by atoms with van der Waals surface area (Å²) in [4.78, 5) is 21.0. The van der Waals surface area contributed by atoms with Crippen LogP contribution in [0, 0.1) is 0 Å². The Morgan fingerprint density at radius 1 is 1.17 bits per heavy atom. The Morgan fingerprint density at radius 3 is 2.45 bits per heavy atom. The highest BCUT2D eigenvalue weighted by Gasteiger charge is 2.02. The number of hydrazine groups is 1. The van der Waals surface area contributed by atoms with E-state index in [0.29, 0.717) is 18.0 Å². The molecule has 0 spiro atoms. The molecule has 7 N–H and O–H groups in total. The molecule has 2 rings (SSSR count). The van der Waals surface area contributed by atoms with Gasteiger partial charge in [0.15, 0.2) is 0 Å². The summed E-state index contributed by atoms with van der Waals surface area (Å²) in [6.45, 7) is 2.61. The lowest BCUT2D eigenvalue weighted by atomic mass is 10.1. The van der Waals surface area contributed by atoms with Crippen molar-refractivity contribution in [2.24, 2.45) is 17.3 Å². The normalized spacial score (nSPS) is 10.5. The number of primary amides is 1. The first-order chi connectivity index (χ1) is 13.9. The van der Waals surface area contributed by atoms with Crippen LogP contribution in [0.4, 0.5) is 5.69 Å². The summed E-state index contributed by atoms with van der Waals surface area (Å²) in [5, 5.41) is 4.62. The molecule has 0 aromatic heterocycles. The quantitative estimate of drug-likeness (QED) is 0.216. The van der Waals surface area contributed by atoms with Crippen molar-refractivity contribution in [1.82, 2.24) is 5.01 Å². The predicted molar refractivity (Wildman–Crippen MR) is 117 cm³/mol. The number of benzene rings is 2. The van der Waals surface area contributed by atoms with E-state index in [9.17, 15) is 9.59 Å². The van der Waals surface area contributed by atoms with Crippen molar-refractivity contribution in [3.63, 3.8) is 0 Å². The molecule has 8 heteroatoms. The van der Waals surface area contributed by atoms with Gasteiger partial charge in [0.2, 0.25) is 6.41 Å². The molecule has 29 heavy (non-hydrogen) atoms. The topological polar surface area (TPSA) is 127 Å². The Balaban J connectivity index is 0.000000291. The van der Waals surface area contributed by atoms with Gasteiger partial charge in [-0.25, -0.2) is 5.84 Å². The number of halogens is 1. The van der Waals surface area contributed by atoms with Gasteiger partial charge in [0, 0.05) is 16.9 Å². The molecule has 2 amide bonds. The second kappa shape index (κ2) is 13.2. The van der Waals surface area contributed by atoms with Crippen LogP contribution in [0.1, 0.15) is 30.9 Å². The number of rotatable bonds is 9. The van der Waals surface area contributed by atoms with E-state index in [2.05, 4.69) is 12.2 Å². The Labute approximate surface area is 176 Å². The number of hydrogen-bond donors (Lipinski definition) is 4. The number of hydrogen-bond acceptors (Lipinski definition) is 5. The molecule has 2 aromatic carbocycles. The first-order valence-electron chi connectivity index (χ1n) is 9.18. The number of nitrogens with one attached hydrogen (secondary N) is 1. The molecule has 0 radical (unpaired) electrons. The zero-order chi connectivity index (χ0) is 21.6. The summed E-state index contributed by atoms with van der Waals surface area (Å²) in [5.74, 6) is 4.93. The third-order valence-electron chi connectivity index (χ3n) is 3.88. The molecule has 0 aliphatic carbocycles. The zero-order valence-electron chi connectivity index (χ0n) is 16.5. The van der Waals surface area contributed by atoms with Crippen LogP contribution in [0.3, 0.4) is 0 Å². The summed E-state index contributed by atoms with van der Waals surface area (Å²) in [6.07, 6.45) is 5.23. The molecule has 7 nitrogen and oxygen atoms in total. The minimum Gasteiger partial charge on any atom is -0.393 e. The highest BCUT2D eigenvalue weighted by Crippen LogP contribution is 2.22. The van der Waals surface area contributed by atoms with Crippen molar-refractivity contribution >= 4 is 29.6 Å². The molecule has 0 atom stereocenters. The second-order valence-corrected chi connectivity index (χ2v) is 6.71.